The van der Waals surface area contributed by atoms with E-state index in [1.54, 1.807) is 0 Å². The van der Waals surface area contributed by atoms with E-state index in [9.17, 15) is 0 Å². The van der Waals surface area contributed by atoms with Gasteiger partial charge in [0.25, 0.3) is 0 Å². The lowest BCUT2D eigenvalue weighted by Crippen LogP contribution is -2.13. The van der Waals surface area contributed by atoms with Gasteiger partial charge in [-0.2, -0.15) is 0 Å². The van der Waals surface area contributed by atoms with Crippen molar-refractivity contribution >= 4 is 66.8 Å². The number of benzene rings is 9. The number of anilines is 6. The van der Waals surface area contributed by atoms with Gasteiger partial charge in [-0.1, -0.05) is 146 Å². The zero-order valence-corrected chi connectivity index (χ0v) is 30.1. The van der Waals surface area contributed by atoms with E-state index in [1.807, 2.05) is 0 Å². The lowest BCUT2D eigenvalue weighted by atomic mass is 10.0. The van der Waals surface area contributed by atoms with E-state index in [1.165, 1.54) is 27.6 Å². The van der Waals surface area contributed by atoms with Crippen molar-refractivity contribution in [3.8, 4) is 22.3 Å². The zero-order valence-electron chi connectivity index (χ0n) is 30.1. The van der Waals surface area contributed by atoms with Crippen LogP contribution < -0.4 is 9.80 Å². The first-order valence-corrected chi connectivity index (χ1v) is 18.7. The Labute approximate surface area is 320 Å². The van der Waals surface area contributed by atoms with E-state index in [4.69, 9.17) is 4.42 Å². The van der Waals surface area contributed by atoms with Crippen molar-refractivity contribution in [1.82, 2.24) is 0 Å². The number of rotatable bonds is 8. The summed E-state index contributed by atoms with van der Waals surface area (Å²) < 4.78 is 6.89. The van der Waals surface area contributed by atoms with Crippen LogP contribution in [0.3, 0.4) is 0 Å². The van der Waals surface area contributed by atoms with Crippen molar-refractivity contribution in [2.24, 2.45) is 0 Å². The van der Waals surface area contributed by atoms with Gasteiger partial charge in [-0.25, -0.2) is 0 Å². The SMILES string of the molecule is c1ccc(-c2ccc(N(c3ccccc3)c3cc(N(c4ccccc4)c4ccc(-c5ccccc5)cc4)c4c(c3)oc3cc5ccccc5cc34)cc2)cc1. The summed E-state index contributed by atoms with van der Waals surface area (Å²) in [5.74, 6) is 0. The highest BCUT2D eigenvalue weighted by Gasteiger charge is 2.24. The number of hydrogen-bond acceptors (Lipinski definition) is 3. The summed E-state index contributed by atoms with van der Waals surface area (Å²) in [5, 5.41) is 4.47. The smallest absolute Gasteiger partial charge is 0.139 e. The second-order valence-corrected chi connectivity index (χ2v) is 13.8. The van der Waals surface area contributed by atoms with Crippen molar-refractivity contribution in [3.05, 3.63) is 218 Å². The maximum absolute atomic E-state index is 6.89. The minimum absolute atomic E-state index is 0.821. The number of hydrogen-bond donors (Lipinski definition) is 0. The second-order valence-electron chi connectivity index (χ2n) is 13.8. The van der Waals surface area contributed by atoms with Gasteiger partial charge in [0, 0.05) is 34.2 Å². The highest BCUT2D eigenvalue weighted by atomic mass is 16.3. The Morgan fingerprint density at radius 2 is 0.709 bits per heavy atom. The Balaban J connectivity index is 1.23. The average Bonchev–Trinajstić information content (AvgIpc) is 3.62. The molecule has 0 atom stereocenters. The third kappa shape index (κ3) is 6.08. The van der Waals surface area contributed by atoms with Gasteiger partial charge in [0.1, 0.15) is 11.2 Å². The molecule has 0 bridgehead atoms. The van der Waals surface area contributed by atoms with Gasteiger partial charge in [-0.3, -0.25) is 0 Å². The first kappa shape index (κ1) is 32.3. The van der Waals surface area contributed by atoms with Gasteiger partial charge in [0.2, 0.25) is 0 Å². The fourth-order valence-corrected chi connectivity index (χ4v) is 7.76. The molecule has 0 radical (unpaired) electrons. The molecule has 0 aliphatic rings. The molecular weight excluding hydrogens is 669 g/mol. The molecule has 0 aliphatic carbocycles. The molecule has 0 fully saturated rings. The van der Waals surface area contributed by atoms with Gasteiger partial charge in [-0.15, -0.1) is 0 Å². The molecule has 0 aliphatic heterocycles. The second kappa shape index (κ2) is 13.9. The summed E-state index contributed by atoms with van der Waals surface area (Å²) in [5.41, 5.74) is 12.6. The molecule has 9 aromatic carbocycles. The summed E-state index contributed by atoms with van der Waals surface area (Å²) in [6, 6.07) is 77.5. The van der Waals surface area contributed by atoms with Crippen LogP contribution in [0.25, 0.3) is 55.0 Å². The van der Waals surface area contributed by atoms with Gasteiger partial charge < -0.3 is 14.2 Å². The Kier molecular flexibility index (Phi) is 8.16. The lowest BCUT2D eigenvalue weighted by molar-refractivity contribution is 0.669. The predicted molar refractivity (Wildman–Crippen MR) is 231 cm³/mol. The molecule has 0 unspecified atom stereocenters. The van der Waals surface area contributed by atoms with E-state index in [-0.39, 0.29) is 0 Å². The Bertz CT molecular complexity index is 2890. The molecule has 0 saturated heterocycles. The molecule has 10 rings (SSSR count). The number of fused-ring (bicyclic) bond motifs is 4. The minimum atomic E-state index is 0.821. The molecule has 3 nitrogen and oxygen atoms in total. The monoisotopic (exact) mass is 704 g/mol. The normalized spacial score (nSPS) is 11.3. The topological polar surface area (TPSA) is 19.6 Å². The third-order valence-corrected chi connectivity index (χ3v) is 10.4. The van der Waals surface area contributed by atoms with Crippen LogP contribution >= 0.6 is 0 Å². The fourth-order valence-electron chi connectivity index (χ4n) is 7.76. The molecule has 0 spiro atoms. The summed E-state index contributed by atoms with van der Waals surface area (Å²) >= 11 is 0. The summed E-state index contributed by atoms with van der Waals surface area (Å²) in [7, 11) is 0. The first-order valence-electron chi connectivity index (χ1n) is 18.7. The molecule has 3 heteroatoms. The number of para-hydroxylation sites is 2. The molecule has 10 aromatic rings. The summed E-state index contributed by atoms with van der Waals surface area (Å²) in [6.45, 7) is 0. The van der Waals surface area contributed by atoms with Crippen LogP contribution in [-0.2, 0) is 0 Å². The third-order valence-electron chi connectivity index (χ3n) is 10.4. The molecule has 55 heavy (non-hydrogen) atoms. The van der Waals surface area contributed by atoms with Crippen molar-refractivity contribution in [2.45, 2.75) is 0 Å². The predicted octanol–water partition coefficient (Wildman–Crippen LogP) is 15.0. The van der Waals surface area contributed by atoms with E-state index in [0.29, 0.717) is 0 Å². The van der Waals surface area contributed by atoms with Crippen molar-refractivity contribution in [2.75, 3.05) is 9.80 Å². The molecule has 0 amide bonds. The van der Waals surface area contributed by atoms with Crippen LogP contribution in [0.15, 0.2) is 223 Å². The van der Waals surface area contributed by atoms with E-state index >= 15 is 0 Å². The van der Waals surface area contributed by atoms with Gasteiger partial charge in [0.15, 0.2) is 0 Å². The van der Waals surface area contributed by atoms with E-state index in [2.05, 4.69) is 228 Å². The maximum Gasteiger partial charge on any atom is 0.139 e. The molecular formula is C52H36N2O. The molecule has 1 aromatic heterocycles. The van der Waals surface area contributed by atoms with E-state index in [0.717, 1.165) is 61.4 Å². The maximum atomic E-state index is 6.89. The lowest BCUT2D eigenvalue weighted by Gasteiger charge is -2.30. The zero-order chi connectivity index (χ0) is 36.6. The van der Waals surface area contributed by atoms with Crippen molar-refractivity contribution < 1.29 is 4.42 Å². The van der Waals surface area contributed by atoms with Gasteiger partial charge in [-0.05, 0) is 99.8 Å². The Morgan fingerprint density at radius 1 is 0.291 bits per heavy atom. The van der Waals surface area contributed by atoms with E-state index < -0.39 is 0 Å². The van der Waals surface area contributed by atoms with Crippen molar-refractivity contribution in [3.63, 3.8) is 0 Å². The highest BCUT2D eigenvalue weighted by molar-refractivity contribution is 6.17. The highest BCUT2D eigenvalue weighted by Crippen LogP contribution is 2.48. The van der Waals surface area contributed by atoms with Crippen LogP contribution in [0.5, 0.6) is 0 Å². The number of furan rings is 1. The van der Waals surface area contributed by atoms with Gasteiger partial charge >= 0.3 is 0 Å². The minimum Gasteiger partial charge on any atom is -0.456 e. The van der Waals surface area contributed by atoms with Crippen LogP contribution in [0, 0.1) is 0 Å². The Morgan fingerprint density at radius 3 is 1.25 bits per heavy atom. The van der Waals surface area contributed by atoms with Crippen LogP contribution in [0.4, 0.5) is 34.1 Å². The summed E-state index contributed by atoms with van der Waals surface area (Å²) in [6.07, 6.45) is 0. The molecule has 1 heterocycles. The molecule has 260 valence electrons. The van der Waals surface area contributed by atoms with Crippen molar-refractivity contribution in [1.29, 1.82) is 0 Å². The first-order chi connectivity index (χ1) is 27.3. The largest absolute Gasteiger partial charge is 0.456 e. The Hall–Kier alpha value is -7.36. The van der Waals surface area contributed by atoms with Gasteiger partial charge in [0.05, 0.1) is 16.8 Å². The van der Waals surface area contributed by atoms with Crippen LogP contribution in [0.1, 0.15) is 0 Å². The number of nitrogens with zero attached hydrogens (tertiary/aromatic N) is 2. The summed E-state index contributed by atoms with van der Waals surface area (Å²) in [4.78, 5) is 4.69. The fraction of sp³-hybridized carbons (Fsp3) is 0. The average molecular weight is 705 g/mol. The molecule has 0 N–H and O–H groups in total. The van der Waals surface area contributed by atoms with Crippen LogP contribution in [-0.4, -0.2) is 0 Å². The quantitative estimate of drug-likeness (QED) is 0.157. The molecule has 0 saturated carbocycles. The van der Waals surface area contributed by atoms with Crippen LogP contribution in [0.2, 0.25) is 0 Å². The standard InChI is InChI=1S/C52H36N2O/c1-5-15-37(16-6-1)39-25-29-45(30-26-39)53(43-21-9-3-10-22-43)47-35-49(52-48-33-41-19-13-14-20-42(41)34-50(48)55-51(52)36-47)54(44-23-11-4-12-24-44)46-31-27-40(28-32-46)38-17-7-2-8-18-38/h1-36H.